The minimum absolute atomic E-state index is 0.391. The van der Waals surface area contributed by atoms with Crippen molar-refractivity contribution in [1.29, 1.82) is 0 Å². The number of nitrogens with zero attached hydrogens (tertiary/aromatic N) is 1. The van der Waals surface area contributed by atoms with E-state index in [-0.39, 0.29) is 0 Å². The molecule has 0 bridgehead atoms. The summed E-state index contributed by atoms with van der Waals surface area (Å²) < 4.78 is 5.49. The van der Waals surface area contributed by atoms with Crippen LogP contribution in [0.25, 0.3) is 10.9 Å². The lowest BCUT2D eigenvalue weighted by Gasteiger charge is -2.24. The van der Waals surface area contributed by atoms with E-state index in [0.717, 1.165) is 48.3 Å². The number of aromatic nitrogens is 1. The molecule has 94 valence electrons. The van der Waals surface area contributed by atoms with E-state index < -0.39 is 0 Å². The Morgan fingerprint density at radius 3 is 3.11 bits per heavy atom. The van der Waals surface area contributed by atoms with Gasteiger partial charge in [0.2, 0.25) is 0 Å². The van der Waals surface area contributed by atoms with Crippen LogP contribution >= 0.6 is 0 Å². The molecule has 3 N–H and O–H groups in total. The fourth-order valence-electron chi connectivity index (χ4n) is 2.37. The fraction of sp³-hybridized carbons (Fsp3) is 0.357. The van der Waals surface area contributed by atoms with Gasteiger partial charge in [-0.15, -0.1) is 0 Å². The van der Waals surface area contributed by atoms with Crippen LogP contribution < -0.4 is 11.1 Å². The average Bonchev–Trinajstić information content (AvgIpc) is 2.40. The van der Waals surface area contributed by atoms with Crippen LogP contribution in [0.15, 0.2) is 30.5 Å². The van der Waals surface area contributed by atoms with E-state index in [2.05, 4.69) is 10.3 Å². The molecule has 1 aliphatic heterocycles. The number of hydrogen-bond donors (Lipinski definition) is 2. The van der Waals surface area contributed by atoms with Crippen molar-refractivity contribution in [2.45, 2.75) is 18.9 Å². The van der Waals surface area contributed by atoms with Gasteiger partial charge in [-0.3, -0.25) is 4.98 Å². The lowest BCUT2D eigenvalue weighted by atomic mass is 10.1. The summed E-state index contributed by atoms with van der Waals surface area (Å²) in [5.41, 5.74) is 8.56. The minimum Gasteiger partial charge on any atom is -0.399 e. The standard InChI is InChI=1S/C14H17N3O/c15-10-3-4-12-13(5-6-16-14(12)8-10)17-11-2-1-7-18-9-11/h3-6,8,11H,1-2,7,9,15H2,(H,16,17). The van der Waals surface area contributed by atoms with Gasteiger partial charge in [0.1, 0.15) is 0 Å². The predicted octanol–water partition coefficient (Wildman–Crippen LogP) is 2.41. The first kappa shape index (κ1) is 11.3. The number of benzene rings is 1. The largest absolute Gasteiger partial charge is 0.399 e. The van der Waals surface area contributed by atoms with Gasteiger partial charge in [0.05, 0.1) is 12.1 Å². The maximum absolute atomic E-state index is 5.78. The Balaban J connectivity index is 1.91. The van der Waals surface area contributed by atoms with Gasteiger partial charge in [-0.25, -0.2) is 0 Å². The molecule has 1 aliphatic rings. The minimum atomic E-state index is 0.391. The molecule has 0 amide bonds. The molecule has 2 heterocycles. The second-order valence-electron chi connectivity index (χ2n) is 4.69. The molecular formula is C14H17N3O. The highest BCUT2D eigenvalue weighted by molar-refractivity contribution is 5.92. The molecule has 18 heavy (non-hydrogen) atoms. The Morgan fingerprint density at radius 1 is 1.33 bits per heavy atom. The molecule has 1 atom stereocenters. The lowest BCUT2D eigenvalue weighted by molar-refractivity contribution is 0.0876. The van der Waals surface area contributed by atoms with Crippen molar-refractivity contribution in [2.75, 3.05) is 24.3 Å². The van der Waals surface area contributed by atoms with E-state index in [4.69, 9.17) is 10.5 Å². The van der Waals surface area contributed by atoms with E-state index in [0.29, 0.717) is 6.04 Å². The zero-order valence-electron chi connectivity index (χ0n) is 10.2. The van der Waals surface area contributed by atoms with Crippen molar-refractivity contribution in [3.8, 4) is 0 Å². The van der Waals surface area contributed by atoms with E-state index in [1.165, 1.54) is 0 Å². The number of pyridine rings is 1. The number of ether oxygens (including phenoxy) is 1. The Bertz CT molecular complexity index is 550. The summed E-state index contributed by atoms with van der Waals surface area (Å²) in [6, 6.07) is 8.23. The van der Waals surface area contributed by atoms with Gasteiger partial charge in [-0.1, -0.05) is 0 Å². The smallest absolute Gasteiger partial charge is 0.0743 e. The summed E-state index contributed by atoms with van der Waals surface area (Å²) in [6.07, 6.45) is 4.08. The third-order valence-corrected chi connectivity index (χ3v) is 3.29. The van der Waals surface area contributed by atoms with Crippen LogP contribution in [0.3, 0.4) is 0 Å². The van der Waals surface area contributed by atoms with Gasteiger partial charge < -0.3 is 15.8 Å². The van der Waals surface area contributed by atoms with E-state index in [1.807, 2.05) is 30.5 Å². The van der Waals surface area contributed by atoms with Crippen LogP contribution in [0.2, 0.25) is 0 Å². The lowest BCUT2D eigenvalue weighted by Crippen LogP contribution is -2.30. The second kappa shape index (κ2) is 4.82. The fourth-order valence-corrected chi connectivity index (χ4v) is 2.37. The number of anilines is 2. The average molecular weight is 243 g/mol. The summed E-state index contributed by atoms with van der Waals surface area (Å²) in [5.74, 6) is 0. The number of nitrogens with two attached hydrogens (primary N) is 1. The van der Waals surface area contributed by atoms with Crippen LogP contribution in [-0.4, -0.2) is 24.2 Å². The van der Waals surface area contributed by atoms with Crippen LogP contribution in [0.4, 0.5) is 11.4 Å². The number of nitrogen functional groups attached to an aromatic ring is 1. The van der Waals surface area contributed by atoms with Crippen molar-refractivity contribution in [3.63, 3.8) is 0 Å². The van der Waals surface area contributed by atoms with Gasteiger partial charge in [0, 0.05) is 35.6 Å². The molecule has 4 heteroatoms. The molecule has 1 unspecified atom stereocenters. The highest BCUT2D eigenvalue weighted by Gasteiger charge is 2.14. The van der Waals surface area contributed by atoms with Crippen LogP contribution in [-0.2, 0) is 4.74 Å². The first-order chi connectivity index (χ1) is 8.83. The summed E-state index contributed by atoms with van der Waals surface area (Å²) in [6.45, 7) is 1.66. The van der Waals surface area contributed by atoms with Gasteiger partial charge in [-0.2, -0.15) is 0 Å². The monoisotopic (exact) mass is 243 g/mol. The van der Waals surface area contributed by atoms with Crippen molar-refractivity contribution in [1.82, 2.24) is 4.98 Å². The molecular weight excluding hydrogens is 226 g/mol. The quantitative estimate of drug-likeness (QED) is 0.795. The van der Waals surface area contributed by atoms with Crippen molar-refractivity contribution in [2.24, 2.45) is 0 Å². The summed E-state index contributed by atoms with van der Waals surface area (Å²) >= 11 is 0. The number of hydrogen-bond acceptors (Lipinski definition) is 4. The normalized spacial score (nSPS) is 19.9. The molecule has 4 nitrogen and oxygen atoms in total. The van der Waals surface area contributed by atoms with Gasteiger partial charge in [0.15, 0.2) is 0 Å². The zero-order valence-corrected chi connectivity index (χ0v) is 10.2. The van der Waals surface area contributed by atoms with Crippen molar-refractivity contribution < 1.29 is 4.74 Å². The molecule has 0 aliphatic carbocycles. The summed E-state index contributed by atoms with van der Waals surface area (Å²) in [4.78, 5) is 4.34. The maximum Gasteiger partial charge on any atom is 0.0743 e. The predicted molar refractivity (Wildman–Crippen MR) is 73.6 cm³/mol. The van der Waals surface area contributed by atoms with Crippen molar-refractivity contribution in [3.05, 3.63) is 30.5 Å². The van der Waals surface area contributed by atoms with Crippen LogP contribution in [0.5, 0.6) is 0 Å². The third-order valence-electron chi connectivity index (χ3n) is 3.29. The first-order valence-corrected chi connectivity index (χ1v) is 6.31. The molecule has 0 spiro atoms. The van der Waals surface area contributed by atoms with Gasteiger partial charge in [-0.05, 0) is 37.1 Å². The Labute approximate surface area is 106 Å². The SMILES string of the molecule is Nc1ccc2c(NC3CCCOC3)ccnc2c1. The second-order valence-corrected chi connectivity index (χ2v) is 4.69. The highest BCUT2D eigenvalue weighted by atomic mass is 16.5. The maximum atomic E-state index is 5.78. The zero-order chi connectivity index (χ0) is 12.4. The molecule has 0 radical (unpaired) electrons. The van der Waals surface area contributed by atoms with E-state index in [1.54, 1.807) is 0 Å². The van der Waals surface area contributed by atoms with E-state index in [9.17, 15) is 0 Å². The first-order valence-electron chi connectivity index (χ1n) is 6.31. The molecule has 1 aromatic heterocycles. The Morgan fingerprint density at radius 2 is 2.28 bits per heavy atom. The third kappa shape index (κ3) is 2.24. The molecule has 0 saturated carbocycles. The molecule has 2 aromatic rings. The number of nitrogens with one attached hydrogen (secondary N) is 1. The van der Waals surface area contributed by atoms with Gasteiger partial charge in [0.25, 0.3) is 0 Å². The molecule has 3 rings (SSSR count). The van der Waals surface area contributed by atoms with Gasteiger partial charge >= 0.3 is 0 Å². The number of fused-ring (bicyclic) bond motifs is 1. The van der Waals surface area contributed by atoms with Crippen molar-refractivity contribution >= 4 is 22.3 Å². The number of rotatable bonds is 2. The van der Waals surface area contributed by atoms with E-state index >= 15 is 0 Å². The Hall–Kier alpha value is -1.81. The van der Waals surface area contributed by atoms with Crippen LogP contribution in [0, 0.1) is 0 Å². The Kier molecular flexibility index (Phi) is 3.02. The summed E-state index contributed by atoms with van der Waals surface area (Å²) in [5, 5.41) is 4.65. The molecule has 1 fully saturated rings. The topological polar surface area (TPSA) is 60.2 Å². The molecule has 1 saturated heterocycles. The highest BCUT2D eigenvalue weighted by Crippen LogP contribution is 2.25. The molecule has 1 aromatic carbocycles. The van der Waals surface area contributed by atoms with Crippen LogP contribution in [0.1, 0.15) is 12.8 Å². The summed E-state index contributed by atoms with van der Waals surface area (Å²) in [7, 11) is 0.